The molecular formula is C13H19N3OS. The molecule has 98 valence electrons. The third kappa shape index (κ3) is 2.79. The molecule has 1 atom stereocenters. The number of aromatic nitrogens is 3. The van der Waals surface area contributed by atoms with Crippen molar-refractivity contribution in [1.82, 2.24) is 14.5 Å². The Balaban J connectivity index is 2.12. The third-order valence-corrected chi connectivity index (χ3v) is 4.09. The van der Waals surface area contributed by atoms with Crippen LogP contribution in [0.4, 0.5) is 0 Å². The summed E-state index contributed by atoms with van der Waals surface area (Å²) in [6.45, 7) is 6.38. The summed E-state index contributed by atoms with van der Waals surface area (Å²) in [7, 11) is 1.93. The first-order valence-corrected chi connectivity index (χ1v) is 6.86. The van der Waals surface area contributed by atoms with Crippen molar-refractivity contribution in [1.29, 1.82) is 0 Å². The average Bonchev–Trinajstić information content (AvgIpc) is 2.87. The summed E-state index contributed by atoms with van der Waals surface area (Å²) in [6.07, 6.45) is 3.53. The largest absolute Gasteiger partial charge is 0.386 e. The number of aliphatic hydroxyl groups excluding tert-OH is 1. The van der Waals surface area contributed by atoms with Crippen molar-refractivity contribution >= 4 is 11.3 Å². The number of nitrogens with zero attached hydrogens (tertiary/aromatic N) is 3. The SMILES string of the molecule is Cn1ccnc1CC(O)c1csc(C(C)(C)C)n1. The van der Waals surface area contributed by atoms with Gasteiger partial charge in [-0.15, -0.1) is 11.3 Å². The van der Waals surface area contributed by atoms with Gasteiger partial charge in [0.15, 0.2) is 0 Å². The molecular weight excluding hydrogens is 246 g/mol. The Labute approximate surface area is 111 Å². The highest BCUT2D eigenvalue weighted by Gasteiger charge is 2.21. The van der Waals surface area contributed by atoms with Crippen LogP contribution < -0.4 is 0 Å². The molecule has 4 nitrogen and oxygen atoms in total. The van der Waals surface area contributed by atoms with Crippen LogP contribution >= 0.6 is 11.3 Å². The number of hydrogen-bond donors (Lipinski definition) is 1. The van der Waals surface area contributed by atoms with Crippen molar-refractivity contribution in [2.45, 2.75) is 38.7 Å². The summed E-state index contributed by atoms with van der Waals surface area (Å²) in [5.74, 6) is 0.868. The van der Waals surface area contributed by atoms with Crippen LogP contribution in [0.2, 0.25) is 0 Å². The fraction of sp³-hybridized carbons (Fsp3) is 0.538. The van der Waals surface area contributed by atoms with E-state index < -0.39 is 6.10 Å². The van der Waals surface area contributed by atoms with Crippen LogP contribution in [0.1, 0.15) is 43.4 Å². The van der Waals surface area contributed by atoms with Crippen molar-refractivity contribution in [2.75, 3.05) is 0 Å². The smallest absolute Gasteiger partial charge is 0.111 e. The van der Waals surface area contributed by atoms with Crippen molar-refractivity contribution < 1.29 is 5.11 Å². The van der Waals surface area contributed by atoms with Crippen LogP contribution in [0, 0.1) is 0 Å². The maximum atomic E-state index is 10.2. The molecule has 0 spiro atoms. The monoisotopic (exact) mass is 265 g/mol. The molecule has 0 aliphatic carbocycles. The van der Waals surface area contributed by atoms with Gasteiger partial charge in [0.25, 0.3) is 0 Å². The van der Waals surface area contributed by atoms with E-state index in [0.29, 0.717) is 6.42 Å². The second-order valence-electron chi connectivity index (χ2n) is 5.50. The van der Waals surface area contributed by atoms with Gasteiger partial charge in [0, 0.05) is 36.7 Å². The third-order valence-electron chi connectivity index (χ3n) is 2.80. The molecule has 0 saturated carbocycles. The Hall–Kier alpha value is -1.20. The Morgan fingerprint density at radius 3 is 2.67 bits per heavy atom. The van der Waals surface area contributed by atoms with Crippen LogP contribution in [-0.4, -0.2) is 19.6 Å². The molecule has 0 fully saturated rings. The van der Waals surface area contributed by atoms with Gasteiger partial charge >= 0.3 is 0 Å². The summed E-state index contributed by atoms with van der Waals surface area (Å²) in [5, 5.41) is 13.2. The van der Waals surface area contributed by atoms with E-state index in [1.54, 1.807) is 17.5 Å². The molecule has 18 heavy (non-hydrogen) atoms. The Morgan fingerprint density at radius 1 is 1.44 bits per heavy atom. The Bertz CT molecular complexity index is 524. The van der Waals surface area contributed by atoms with Gasteiger partial charge in [0.05, 0.1) is 10.7 Å². The molecule has 0 aromatic carbocycles. The topological polar surface area (TPSA) is 50.9 Å². The summed E-state index contributed by atoms with van der Waals surface area (Å²) in [6, 6.07) is 0. The molecule has 0 saturated heterocycles. The molecule has 0 aliphatic heterocycles. The standard InChI is InChI=1S/C13H19N3OS/c1-13(2,3)12-15-9(8-18-12)10(17)7-11-14-5-6-16(11)4/h5-6,8,10,17H,7H2,1-4H3. The predicted octanol–water partition coefficient (Wildman–Crippen LogP) is 2.45. The molecule has 0 amide bonds. The summed E-state index contributed by atoms with van der Waals surface area (Å²) < 4.78 is 1.92. The molecule has 1 N–H and O–H groups in total. The van der Waals surface area contributed by atoms with Crippen molar-refractivity contribution in [3.8, 4) is 0 Å². The second-order valence-corrected chi connectivity index (χ2v) is 6.36. The number of imidazole rings is 1. The van der Waals surface area contributed by atoms with E-state index in [9.17, 15) is 5.11 Å². The van der Waals surface area contributed by atoms with E-state index >= 15 is 0 Å². The maximum Gasteiger partial charge on any atom is 0.111 e. The molecule has 5 heteroatoms. The zero-order valence-electron chi connectivity index (χ0n) is 11.2. The number of hydrogen-bond acceptors (Lipinski definition) is 4. The lowest BCUT2D eigenvalue weighted by Gasteiger charge is -2.14. The summed E-state index contributed by atoms with van der Waals surface area (Å²) >= 11 is 1.60. The zero-order valence-corrected chi connectivity index (χ0v) is 12.0. The quantitative estimate of drug-likeness (QED) is 0.927. The van der Waals surface area contributed by atoms with Crippen LogP contribution in [-0.2, 0) is 18.9 Å². The molecule has 2 heterocycles. The van der Waals surface area contributed by atoms with Crippen LogP contribution in [0.3, 0.4) is 0 Å². The van der Waals surface area contributed by atoms with Gasteiger partial charge < -0.3 is 9.67 Å². The van der Waals surface area contributed by atoms with E-state index in [4.69, 9.17) is 0 Å². The minimum Gasteiger partial charge on any atom is -0.386 e. The van der Waals surface area contributed by atoms with Gasteiger partial charge in [0.2, 0.25) is 0 Å². The Kier molecular flexibility index (Phi) is 3.54. The number of rotatable bonds is 3. The van der Waals surface area contributed by atoms with Crippen molar-refractivity contribution in [2.24, 2.45) is 7.05 Å². The lowest BCUT2D eigenvalue weighted by atomic mass is 9.98. The van der Waals surface area contributed by atoms with Gasteiger partial charge in [-0.05, 0) is 0 Å². The van der Waals surface area contributed by atoms with E-state index in [1.165, 1.54) is 0 Å². The molecule has 0 aliphatic rings. The van der Waals surface area contributed by atoms with E-state index in [0.717, 1.165) is 16.5 Å². The summed E-state index contributed by atoms with van der Waals surface area (Å²) in [4.78, 5) is 8.74. The predicted molar refractivity (Wildman–Crippen MR) is 72.7 cm³/mol. The minimum atomic E-state index is -0.585. The van der Waals surface area contributed by atoms with Crippen LogP contribution in [0.25, 0.3) is 0 Å². The molecule has 2 aromatic heterocycles. The van der Waals surface area contributed by atoms with Gasteiger partial charge in [-0.25, -0.2) is 9.97 Å². The van der Waals surface area contributed by atoms with Gasteiger partial charge in [-0.2, -0.15) is 0 Å². The van der Waals surface area contributed by atoms with Gasteiger partial charge in [-0.1, -0.05) is 20.8 Å². The van der Waals surface area contributed by atoms with Crippen LogP contribution in [0.5, 0.6) is 0 Å². The highest BCUT2D eigenvalue weighted by molar-refractivity contribution is 7.09. The van der Waals surface area contributed by atoms with Crippen molar-refractivity contribution in [3.05, 3.63) is 34.3 Å². The second kappa shape index (κ2) is 4.82. The first kappa shape index (κ1) is 13.2. The zero-order chi connectivity index (χ0) is 13.3. The fourth-order valence-electron chi connectivity index (χ4n) is 1.65. The van der Waals surface area contributed by atoms with Crippen molar-refractivity contribution in [3.63, 3.8) is 0 Å². The first-order valence-electron chi connectivity index (χ1n) is 5.98. The normalized spacial score (nSPS) is 13.8. The molecule has 2 rings (SSSR count). The highest BCUT2D eigenvalue weighted by atomic mass is 32.1. The Morgan fingerprint density at radius 2 is 2.17 bits per heavy atom. The minimum absolute atomic E-state index is 0.0336. The number of aliphatic hydroxyl groups is 1. The average molecular weight is 265 g/mol. The van der Waals surface area contributed by atoms with Gasteiger partial charge in [-0.3, -0.25) is 0 Å². The van der Waals surface area contributed by atoms with E-state index in [1.807, 2.05) is 23.2 Å². The highest BCUT2D eigenvalue weighted by Crippen LogP contribution is 2.28. The van der Waals surface area contributed by atoms with Crippen LogP contribution in [0.15, 0.2) is 17.8 Å². The van der Waals surface area contributed by atoms with E-state index in [-0.39, 0.29) is 5.41 Å². The fourth-order valence-corrected chi connectivity index (χ4v) is 2.61. The number of aryl methyl sites for hydroxylation is 1. The van der Waals surface area contributed by atoms with E-state index in [2.05, 4.69) is 30.7 Å². The first-order chi connectivity index (χ1) is 8.38. The molecule has 0 bridgehead atoms. The summed E-state index contributed by atoms with van der Waals surface area (Å²) in [5.41, 5.74) is 0.777. The molecule has 0 radical (unpaired) electrons. The number of thiazole rings is 1. The lowest BCUT2D eigenvalue weighted by Crippen LogP contribution is -2.12. The molecule has 2 aromatic rings. The lowest BCUT2D eigenvalue weighted by molar-refractivity contribution is 0.170. The molecule has 1 unspecified atom stereocenters. The van der Waals surface area contributed by atoms with Gasteiger partial charge in [0.1, 0.15) is 11.9 Å². The maximum absolute atomic E-state index is 10.2.